The van der Waals surface area contributed by atoms with E-state index in [-0.39, 0.29) is 12.2 Å². The third kappa shape index (κ3) is 2.66. The summed E-state index contributed by atoms with van der Waals surface area (Å²) in [5, 5.41) is 9.25. The van der Waals surface area contributed by atoms with Gasteiger partial charge in [0.05, 0.1) is 6.61 Å². The van der Waals surface area contributed by atoms with Crippen LogP contribution in [-0.4, -0.2) is 18.5 Å². The van der Waals surface area contributed by atoms with E-state index in [1.165, 1.54) is 12.1 Å². The first kappa shape index (κ1) is 13.7. The average molecular weight is 247 g/mol. The van der Waals surface area contributed by atoms with Crippen molar-refractivity contribution < 1.29 is 19.1 Å². The van der Waals surface area contributed by atoms with Gasteiger partial charge >= 0.3 is 17.5 Å². The molecule has 0 bridgehead atoms. The molecule has 0 saturated heterocycles. The molecule has 0 aromatic heterocycles. The third-order valence-electron chi connectivity index (χ3n) is 2.20. The van der Waals surface area contributed by atoms with Gasteiger partial charge in [0.15, 0.2) is 0 Å². The van der Waals surface area contributed by atoms with Gasteiger partial charge in [-0.1, -0.05) is 30.3 Å². The van der Waals surface area contributed by atoms with Crippen LogP contribution < -0.4 is 0 Å². The van der Waals surface area contributed by atoms with E-state index in [9.17, 15) is 14.9 Å². The van der Waals surface area contributed by atoms with Gasteiger partial charge in [-0.2, -0.15) is 5.26 Å². The molecule has 5 heteroatoms. The number of esters is 2. The molecule has 0 amide bonds. The highest BCUT2D eigenvalue weighted by Gasteiger charge is 2.46. The van der Waals surface area contributed by atoms with E-state index in [1.807, 2.05) is 0 Å². The van der Waals surface area contributed by atoms with Gasteiger partial charge in [-0.15, -0.1) is 0 Å². The van der Waals surface area contributed by atoms with E-state index >= 15 is 0 Å². The predicted molar refractivity (Wildman–Crippen MR) is 62.1 cm³/mol. The zero-order valence-electron chi connectivity index (χ0n) is 10.2. The number of hydrogen-bond donors (Lipinski definition) is 0. The van der Waals surface area contributed by atoms with Crippen LogP contribution in [0.1, 0.15) is 19.4 Å². The summed E-state index contributed by atoms with van der Waals surface area (Å²) in [4.78, 5) is 23.0. The molecular formula is C13H13NO4. The molecule has 0 aliphatic carbocycles. The van der Waals surface area contributed by atoms with Gasteiger partial charge in [-0.3, -0.25) is 4.79 Å². The number of nitriles is 1. The zero-order valence-corrected chi connectivity index (χ0v) is 10.2. The molecule has 5 nitrogen and oxygen atoms in total. The number of hydrogen-bond acceptors (Lipinski definition) is 5. The largest absolute Gasteiger partial charge is 0.462 e. The zero-order chi connectivity index (χ0) is 13.6. The summed E-state index contributed by atoms with van der Waals surface area (Å²) < 4.78 is 9.73. The maximum Gasteiger partial charge on any atom is 0.370 e. The molecule has 1 rings (SSSR count). The first-order valence-corrected chi connectivity index (χ1v) is 5.40. The molecule has 1 atom stereocenters. The second-order valence-electron chi connectivity index (χ2n) is 3.47. The van der Waals surface area contributed by atoms with Crippen LogP contribution in [0.25, 0.3) is 0 Å². The Hall–Kier alpha value is -2.35. The Morgan fingerprint density at radius 1 is 1.33 bits per heavy atom. The Morgan fingerprint density at radius 3 is 2.39 bits per heavy atom. The SMILES string of the molecule is CCOC(=O)C(C#N)(OC(C)=O)c1ccccc1. The fraction of sp³-hybridized carbons (Fsp3) is 0.308. The standard InChI is InChI=1S/C13H13NO4/c1-3-17-12(16)13(9-14,18-10(2)15)11-7-5-4-6-8-11/h4-8H,3H2,1-2H3. The molecule has 0 saturated carbocycles. The molecule has 0 N–H and O–H groups in total. The Balaban J connectivity index is 3.28. The molecule has 0 radical (unpaired) electrons. The predicted octanol–water partition coefficient (Wildman–Crippen LogP) is 1.53. The number of rotatable bonds is 4. The number of ether oxygens (including phenoxy) is 2. The lowest BCUT2D eigenvalue weighted by atomic mass is 9.95. The summed E-state index contributed by atoms with van der Waals surface area (Å²) in [6, 6.07) is 9.80. The van der Waals surface area contributed by atoms with E-state index in [0.29, 0.717) is 0 Å². The van der Waals surface area contributed by atoms with Gasteiger partial charge in [0.25, 0.3) is 0 Å². The summed E-state index contributed by atoms with van der Waals surface area (Å²) in [7, 11) is 0. The van der Waals surface area contributed by atoms with Crippen LogP contribution in [0, 0.1) is 11.3 Å². The lowest BCUT2D eigenvalue weighted by Gasteiger charge is -2.24. The molecule has 0 heterocycles. The van der Waals surface area contributed by atoms with Crippen LogP contribution >= 0.6 is 0 Å². The van der Waals surface area contributed by atoms with E-state index in [1.54, 1.807) is 31.2 Å². The first-order chi connectivity index (χ1) is 8.56. The monoisotopic (exact) mass is 247 g/mol. The first-order valence-electron chi connectivity index (χ1n) is 5.40. The maximum absolute atomic E-state index is 11.9. The van der Waals surface area contributed by atoms with Gasteiger partial charge in [0, 0.05) is 12.5 Å². The highest BCUT2D eigenvalue weighted by atomic mass is 16.6. The van der Waals surface area contributed by atoms with Gasteiger partial charge < -0.3 is 9.47 Å². The quantitative estimate of drug-likeness (QED) is 0.754. The molecule has 0 aliphatic rings. The summed E-state index contributed by atoms with van der Waals surface area (Å²) in [6.07, 6.45) is 0. The Morgan fingerprint density at radius 2 is 1.94 bits per heavy atom. The van der Waals surface area contributed by atoms with Crippen molar-refractivity contribution in [1.82, 2.24) is 0 Å². The van der Waals surface area contributed by atoms with Crippen molar-refractivity contribution in [2.45, 2.75) is 19.4 Å². The minimum Gasteiger partial charge on any atom is -0.462 e. The van der Waals surface area contributed by atoms with Gasteiger partial charge in [-0.25, -0.2) is 4.79 Å². The van der Waals surface area contributed by atoms with Crippen molar-refractivity contribution in [1.29, 1.82) is 5.26 Å². The van der Waals surface area contributed by atoms with E-state index in [4.69, 9.17) is 9.47 Å². The fourth-order valence-electron chi connectivity index (χ4n) is 1.47. The van der Waals surface area contributed by atoms with Gasteiger partial charge in [-0.05, 0) is 6.92 Å². The summed E-state index contributed by atoms with van der Waals surface area (Å²) in [5.74, 6) is -1.62. The van der Waals surface area contributed by atoms with Crippen molar-refractivity contribution in [2.75, 3.05) is 6.61 Å². The van der Waals surface area contributed by atoms with E-state index in [0.717, 1.165) is 6.92 Å². The van der Waals surface area contributed by atoms with E-state index in [2.05, 4.69) is 0 Å². The van der Waals surface area contributed by atoms with Crippen molar-refractivity contribution in [2.24, 2.45) is 0 Å². The van der Waals surface area contributed by atoms with Crippen molar-refractivity contribution in [3.63, 3.8) is 0 Å². The molecule has 18 heavy (non-hydrogen) atoms. The molecule has 0 fully saturated rings. The Kier molecular flexibility index (Phi) is 4.44. The number of carbonyl (C=O) groups excluding carboxylic acids is 2. The minimum atomic E-state index is -2.04. The van der Waals surface area contributed by atoms with Gasteiger partial charge in [0.2, 0.25) is 0 Å². The minimum absolute atomic E-state index is 0.0936. The summed E-state index contributed by atoms with van der Waals surface area (Å²) >= 11 is 0. The summed E-state index contributed by atoms with van der Waals surface area (Å²) in [5.41, 5.74) is -1.77. The molecular weight excluding hydrogens is 234 g/mol. The third-order valence-corrected chi connectivity index (χ3v) is 2.20. The lowest BCUT2D eigenvalue weighted by Crippen LogP contribution is -2.40. The van der Waals surface area contributed by atoms with Crippen LogP contribution in [0.3, 0.4) is 0 Å². The summed E-state index contributed by atoms with van der Waals surface area (Å²) in [6.45, 7) is 2.84. The molecule has 1 aromatic carbocycles. The van der Waals surface area contributed by atoms with Crippen molar-refractivity contribution in [3.8, 4) is 6.07 Å². The Labute approximate surface area is 105 Å². The number of carbonyl (C=O) groups is 2. The van der Waals surface area contributed by atoms with Crippen LogP contribution in [0.4, 0.5) is 0 Å². The van der Waals surface area contributed by atoms with E-state index < -0.39 is 17.5 Å². The Bertz CT molecular complexity index is 478. The fourth-order valence-corrected chi connectivity index (χ4v) is 1.47. The highest BCUT2D eigenvalue weighted by Crippen LogP contribution is 2.27. The van der Waals surface area contributed by atoms with Crippen molar-refractivity contribution >= 4 is 11.9 Å². The maximum atomic E-state index is 11.9. The second-order valence-corrected chi connectivity index (χ2v) is 3.47. The molecule has 0 aliphatic heterocycles. The van der Waals surface area contributed by atoms with Crippen LogP contribution in [0.2, 0.25) is 0 Å². The molecule has 1 aromatic rings. The second kappa shape index (κ2) is 5.82. The van der Waals surface area contributed by atoms with Crippen LogP contribution in [0.5, 0.6) is 0 Å². The van der Waals surface area contributed by atoms with Crippen LogP contribution in [0.15, 0.2) is 30.3 Å². The molecule has 0 spiro atoms. The topological polar surface area (TPSA) is 76.4 Å². The van der Waals surface area contributed by atoms with Gasteiger partial charge in [0.1, 0.15) is 6.07 Å². The average Bonchev–Trinajstić information content (AvgIpc) is 2.37. The number of benzene rings is 1. The van der Waals surface area contributed by atoms with Crippen molar-refractivity contribution in [3.05, 3.63) is 35.9 Å². The molecule has 1 unspecified atom stereocenters. The molecule has 94 valence electrons. The normalized spacial score (nSPS) is 12.9. The number of nitrogens with zero attached hydrogens (tertiary/aromatic N) is 1. The van der Waals surface area contributed by atoms with Crippen LogP contribution in [-0.2, 0) is 24.7 Å². The highest BCUT2D eigenvalue weighted by molar-refractivity contribution is 5.87. The smallest absolute Gasteiger partial charge is 0.370 e. The lowest BCUT2D eigenvalue weighted by molar-refractivity contribution is -0.175.